The van der Waals surface area contributed by atoms with Gasteiger partial charge >= 0.3 is 0 Å². The third kappa shape index (κ3) is 5.96. The Bertz CT molecular complexity index is 353. The van der Waals surface area contributed by atoms with Gasteiger partial charge in [-0.2, -0.15) is 0 Å². The van der Waals surface area contributed by atoms with Crippen molar-refractivity contribution in [2.75, 3.05) is 46.4 Å². The molecule has 2 rings (SSSR count). The minimum Gasteiger partial charge on any atom is -0.378 e. The molecule has 134 valence electrons. The van der Waals surface area contributed by atoms with Crippen molar-refractivity contribution in [2.24, 2.45) is 4.99 Å². The van der Waals surface area contributed by atoms with Crippen molar-refractivity contribution < 1.29 is 4.74 Å². The second kappa shape index (κ2) is 10.1. The summed E-state index contributed by atoms with van der Waals surface area (Å²) < 4.78 is 5.73. The summed E-state index contributed by atoms with van der Waals surface area (Å²) in [6.45, 7) is 10.9. The van der Waals surface area contributed by atoms with E-state index in [-0.39, 0.29) is 0 Å². The van der Waals surface area contributed by atoms with E-state index in [0.29, 0.717) is 6.10 Å². The molecule has 0 aromatic heterocycles. The van der Waals surface area contributed by atoms with E-state index in [9.17, 15) is 0 Å². The van der Waals surface area contributed by atoms with Crippen LogP contribution < -0.4 is 5.32 Å². The van der Waals surface area contributed by atoms with Crippen molar-refractivity contribution in [3.63, 3.8) is 0 Å². The predicted molar refractivity (Wildman–Crippen MR) is 97.1 cm³/mol. The van der Waals surface area contributed by atoms with Gasteiger partial charge in [-0.15, -0.1) is 0 Å². The van der Waals surface area contributed by atoms with Crippen LogP contribution in [0.3, 0.4) is 0 Å². The second-order valence-corrected chi connectivity index (χ2v) is 6.85. The summed E-state index contributed by atoms with van der Waals surface area (Å²) in [5.41, 5.74) is 0. The Labute approximate surface area is 142 Å². The van der Waals surface area contributed by atoms with E-state index in [0.717, 1.165) is 51.1 Å². The zero-order valence-corrected chi connectivity index (χ0v) is 15.4. The molecule has 23 heavy (non-hydrogen) atoms. The standard InChI is InChI=1S/C18H36N4O/c1-4-23-17-9-14-22(15-10-17)18(19-3)20-11-7-13-21-12-6-5-8-16(21)2/h16-17H,4-15H2,1-3H3,(H,19,20). The fourth-order valence-corrected chi connectivity index (χ4v) is 3.77. The van der Waals surface area contributed by atoms with Gasteiger partial charge in [-0.1, -0.05) is 6.42 Å². The Hall–Kier alpha value is -0.810. The number of piperidine rings is 2. The van der Waals surface area contributed by atoms with Crippen LogP contribution in [0.5, 0.6) is 0 Å². The van der Waals surface area contributed by atoms with Crippen LogP contribution in [0.1, 0.15) is 52.4 Å². The average molecular weight is 325 g/mol. The van der Waals surface area contributed by atoms with Crippen LogP contribution in [0.15, 0.2) is 4.99 Å². The summed E-state index contributed by atoms with van der Waals surface area (Å²) in [5, 5.41) is 3.55. The third-order valence-corrected chi connectivity index (χ3v) is 5.20. The Morgan fingerprint density at radius 1 is 1.17 bits per heavy atom. The number of likely N-dealkylation sites (tertiary alicyclic amines) is 2. The van der Waals surface area contributed by atoms with Crippen molar-refractivity contribution in [1.82, 2.24) is 15.1 Å². The van der Waals surface area contributed by atoms with Gasteiger partial charge in [-0.3, -0.25) is 4.99 Å². The van der Waals surface area contributed by atoms with Crippen LogP contribution in [-0.2, 0) is 4.74 Å². The van der Waals surface area contributed by atoms with Gasteiger partial charge in [0.25, 0.3) is 0 Å². The first-order valence-corrected chi connectivity index (χ1v) is 9.55. The Balaban J connectivity index is 1.63. The first-order chi connectivity index (χ1) is 11.2. The quantitative estimate of drug-likeness (QED) is 0.462. The molecule has 0 aromatic rings. The number of rotatable bonds is 6. The van der Waals surface area contributed by atoms with Crippen LogP contribution in [0.25, 0.3) is 0 Å². The number of ether oxygens (including phenoxy) is 1. The molecule has 0 amide bonds. The summed E-state index contributed by atoms with van der Waals surface area (Å²) in [4.78, 5) is 9.47. The third-order valence-electron chi connectivity index (χ3n) is 5.20. The maximum atomic E-state index is 5.73. The molecule has 2 saturated heterocycles. The summed E-state index contributed by atoms with van der Waals surface area (Å²) >= 11 is 0. The first kappa shape index (κ1) is 18.5. The zero-order chi connectivity index (χ0) is 16.5. The molecule has 0 saturated carbocycles. The van der Waals surface area contributed by atoms with E-state index >= 15 is 0 Å². The molecular formula is C18H36N4O. The number of guanidine groups is 1. The van der Waals surface area contributed by atoms with Crippen LogP contribution in [-0.4, -0.2) is 74.3 Å². The Kier molecular flexibility index (Phi) is 8.17. The normalized spacial score (nSPS) is 24.9. The molecule has 2 aliphatic heterocycles. The van der Waals surface area contributed by atoms with E-state index in [2.05, 4.69) is 34.0 Å². The summed E-state index contributed by atoms with van der Waals surface area (Å²) in [5.74, 6) is 1.06. The lowest BCUT2D eigenvalue weighted by atomic mass is 10.0. The lowest BCUT2D eigenvalue weighted by molar-refractivity contribution is 0.0264. The van der Waals surface area contributed by atoms with Crippen LogP contribution >= 0.6 is 0 Å². The van der Waals surface area contributed by atoms with E-state index < -0.39 is 0 Å². The van der Waals surface area contributed by atoms with Crippen molar-refractivity contribution in [2.45, 2.75) is 64.5 Å². The first-order valence-electron chi connectivity index (χ1n) is 9.55. The molecule has 1 atom stereocenters. The van der Waals surface area contributed by atoms with Crippen molar-refractivity contribution in [3.8, 4) is 0 Å². The van der Waals surface area contributed by atoms with Crippen molar-refractivity contribution >= 4 is 5.96 Å². The molecule has 5 nitrogen and oxygen atoms in total. The molecule has 0 spiro atoms. The lowest BCUT2D eigenvalue weighted by Crippen LogP contribution is -2.47. The number of nitrogens with one attached hydrogen (secondary N) is 1. The smallest absolute Gasteiger partial charge is 0.193 e. The highest BCUT2D eigenvalue weighted by atomic mass is 16.5. The second-order valence-electron chi connectivity index (χ2n) is 6.85. The van der Waals surface area contributed by atoms with Crippen molar-refractivity contribution in [3.05, 3.63) is 0 Å². The largest absolute Gasteiger partial charge is 0.378 e. The van der Waals surface area contributed by atoms with E-state index in [1.165, 1.54) is 38.8 Å². The van der Waals surface area contributed by atoms with E-state index in [4.69, 9.17) is 4.74 Å². The SMILES string of the molecule is CCOC1CCN(C(=NC)NCCCN2CCCCC2C)CC1. The summed E-state index contributed by atoms with van der Waals surface area (Å²) in [6.07, 6.45) is 7.99. The predicted octanol–water partition coefficient (Wildman–Crippen LogP) is 2.33. The molecule has 1 N–H and O–H groups in total. The van der Waals surface area contributed by atoms with Crippen LogP contribution in [0.2, 0.25) is 0 Å². The van der Waals surface area contributed by atoms with Gasteiger partial charge in [-0.05, 0) is 52.5 Å². The molecule has 0 radical (unpaired) electrons. The number of hydrogen-bond acceptors (Lipinski definition) is 3. The topological polar surface area (TPSA) is 40.1 Å². The van der Waals surface area contributed by atoms with Crippen LogP contribution in [0.4, 0.5) is 0 Å². The molecule has 1 unspecified atom stereocenters. The highest BCUT2D eigenvalue weighted by molar-refractivity contribution is 5.79. The fraction of sp³-hybridized carbons (Fsp3) is 0.944. The van der Waals surface area contributed by atoms with Crippen LogP contribution in [0, 0.1) is 0 Å². The molecule has 2 heterocycles. The highest BCUT2D eigenvalue weighted by Gasteiger charge is 2.21. The minimum atomic E-state index is 0.440. The van der Waals surface area contributed by atoms with Gasteiger partial charge in [0.2, 0.25) is 0 Å². The Morgan fingerprint density at radius 2 is 1.96 bits per heavy atom. The van der Waals surface area contributed by atoms with Gasteiger partial charge in [-0.25, -0.2) is 0 Å². The van der Waals surface area contributed by atoms with Gasteiger partial charge < -0.3 is 19.9 Å². The Morgan fingerprint density at radius 3 is 2.61 bits per heavy atom. The molecule has 0 aromatic carbocycles. The fourth-order valence-electron chi connectivity index (χ4n) is 3.77. The molecule has 5 heteroatoms. The van der Waals surface area contributed by atoms with Gasteiger partial charge in [0.1, 0.15) is 0 Å². The van der Waals surface area contributed by atoms with Gasteiger partial charge in [0.05, 0.1) is 6.10 Å². The summed E-state index contributed by atoms with van der Waals surface area (Å²) in [7, 11) is 1.89. The van der Waals surface area contributed by atoms with Gasteiger partial charge in [0, 0.05) is 45.9 Å². The molecule has 0 aliphatic carbocycles. The maximum Gasteiger partial charge on any atom is 0.193 e. The van der Waals surface area contributed by atoms with E-state index in [1.54, 1.807) is 0 Å². The minimum absolute atomic E-state index is 0.440. The van der Waals surface area contributed by atoms with E-state index in [1.807, 2.05) is 7.05 Å². The molecule has 2 fully saturated rings. The molecule has 2 aliphatic rings. The molecular weight excluding hydrogens is 288 g/mol. The lowest BCUT2D eigenvalue weighted by Gasteiger charge is -2.35. The zero-order valence-electron chi connectivity index (χ0n) is 15.4. The van der Waals surface area contributed by atoms with Crippen molar-refractivity contribution in [1.29, 1.82) is 0 Å². The maximum absolute atomic E-state index is 5.73. The van der Waals surface area contributed by atoms with Gasteiger partial charge in [0.15, 0.2) is 5.96 Å². The molecule has 0 bridgehead atoms. The average Bonchev–Trinajstić information content (AvgIpc) is 2.58. The number of aliphatic imine (C=N–C) groups is 1. The monoisotopic (exact) mass is 324 g/mol. The number of hydrogen-bond donors (Lipinski definition) is 1. The highest BCUT2D eigenvalue weighted by Crippen LogP contribution is 2.16. The number of nitrogens with zero attached hydrogens (tertiary/aromatic N) is 3. The summed E-state index contributed by atoms with van der Waals surface area (Å²) in [6, 6.07) is 0.764.